The van der Waals surface area contributed by atoms with Crippen molar-refractivity contribution in [1.82, 2.24) is 9.97 Å². The molecule has 1 saturated heterocycles. The summed E-state index contributed by atoms with van der Waals surface area (Å²) in [5.74, 6) is -0.397. The van der Waals surface area contributed by atoms with Gasteiger partial charge < -0.3 is 15.2 Å². The first-order valence-corrected chi connectivity index (χ1v) is 6.00. The summed E-state index contributed by atoms with van der Waals surface area (Å²) >= 11 is 0. The van der Waals surface area contributed by atoms with Crippen LogP contribution >= 0.6 is 0 Å². The molecule has 0 spiro atoms. The maximum absolute atomic E-state index is 11.5. The number of hydrogen-bond acceptors (Lipinski definition) is 5. The lowest BCUT2D eigenvalue weighted by Crippen LogP contribution is -2.47. The van der Waals surface area contributed by atoms with Crippen LogP contribution in [0.15, 0.2) is 30.6 Å². The van der Waals surface area contributed by atoms with Crippen LogP contribution in [0.2, 0.25) is 0 Å². The standard InChI is InChI=1S/C13H13N3O3/c17-12(18)13(5-6-19-7-13)16-11-9-3-1-2-4-10(9)14-8-15-11/h1-4,8H,5-7H2,(H,17,18)(H,14,15,16). The minimum absolute atomic E-state index is 0.140. The first-order valence-electron chi connectivity index (χ1n) is 6.00. The predicted molar refractivity (Wildman–Crippen MR) is 69.0 cm³/mol. The smallest absolute Gasteiger partial charge is 0.331 e. The zero-order valence-corrected chi connectivity index (χ0v) is 10.2. The summed E-state index contributed by atoms with van der Waals surface area (Å²) in [5.41, 5.74) is -0.323. The normalized spacial score (nSPS) is 22.5. The molecule has 0 bridgehead atoms. The maximum Gasteiger partial charge on any atom is 0.331 e. The molecule has 1 atom stereocenters. The lowest BCUT2D eigenvalue weighted by Gasteiger charge is -2.24. The van der Waals surface area contributed by atoms with Gasteiger partial charge in [0, 0.05) is 18.4 Å². The number of nitrogens with zero attached hydrogens (tertiary/aromatic N) is 2. The summed E-state index contributed by atoms with van der Waals surface area (Å²) in [4.78, 5) is 19.8. The molecule has 1 fully saturated rings. The van der Waals surface area contributed by atoms with Gasteiger partial charge in [0.15, 0.2) is 5.54 Å². The summed E-state index contributed by atoms with van der Waals surface area (Å²) in [6, 6.07) is 7.48. The van der Waals surface area contributed by atoms with Gasteiger partial charge in [0.1, 0.15) is 12.1 Å². The molecule has 1 aromatic carbocycles. The number of hydrogen-bond donors (Lipinski definition) is 2. The third-order valence-electron chi connectivity index (χ3n) is 3.33. The zero-order chi connectivity index (χ0) is 13.3. The van der Waals surface area contributed by atoms with E-state index in [0.717, 1.165) is 10.9 Å². The molecule has 1 unspecified atom stereocenters. The van der Waals surface area contributed by atoms with Crippen molar-refractivity contribution in [3.63, 3.8) is 0 Å². The number of carboxylic acid groups (broad SMARTS) is 1. The molecule has 0 aliphatic carbocycles. The molecule has 2 N–H and O–H groups in total. The molecule has 3 rings (SSSR count). The number of nitrogens with one attached hydrogen (secondary N) is 1. The molecule has 19 heavy (non-hydrogen) atoms. The number of benzene rings is 1. The van der Waals surface area contributed by atoms with E-state index in [1.165, 1.54) is 6.33 Å². The Morgan fingerprint density at radius 1 is 1.37 bits per heavy atom. The monoisotopic (exact) mass is 259 g/mol. The predicted octanol–water partition coefficient (Wildman–Crippen LogP) is 1.29. The van der Waals surface area contributed by atoms with Crippen LogP contribution in [0, 0.1) is 0 Å². The molecule has 98 valence electrons. The topological polar surface area (TPSA) is 84.3 Å². The minimum Gasteiger partial charge on any atom is -0.479 e. The molecule has 1 aliphatic rings. The lowest BCUT2D eigenvalue weighted by molar-refractivity contribution is -0.142. The Balaban J connectivity index is 2.03. The Kier molecular flexibility index (Phi) is 2.79. The first kappa shape index (κ1) is 11.9. The van der Waals surface area contributed by atoms with Gasteiger partial charge in [-0.05, 0) is 12.1 Å². The van der Waals surface area contributed by atoms with E-state index in [4.69, 9.17) is 4.74 Å². The molecule has 1 aliphatic heterocycles. The van der Waals surface area contributed by atoms with Crippen molar-refractivity contribution in [2.45, 2.75) is 12.0 Å². The zero-order valence-electron chi connectivity index (χ0n) is 10.2. The van der Waals surface area contributed by atoms with Crippen molar-refractivity contribution in [1.29, 1.82) is 0 Å². The van der Waals surface area contributed by atoms with Gasteiger partial charge in [-0.15, -0.1) is 0 Å². The SMILES string of the molecule is O=C(O)C1(Nc2ncnc3ccccc23)CCOC1. The van der Waals surface area contributed by atoms with Gasteiger partial charge in [-0.1, -0.05) is 12.1 Å². The molecule has 0 saturated carbocycles. The number of anilines is 1. The highest BCUT2D eigenvalue weighted by Crippen LogP contribution is 2.27. The van der Waals surface area contributed by atoms with Gasteiger partial charge in [0.05, 0.1) is 12.1 Å². The number of rotatable bonds is 3. The van der Waals surface area contributed by atoms with Gasteiger partial charge in [0.2, 0.25) is 0 Å². The van der Waals surface area contributed by atoms with Crippen LogP contribution in [-0.2, 0) is 9.53 Å². The molecule has 2 heterocycles. The highest BCUT2D eigenvalue weighted by Gasteiger charge is 2.43. The Hall–Kier alpha value is -2.21. The molecule has 6 nitrogen and oxygen atoms in total. The van der Waals surface area contributed by atoms with Crippen LogP contribution in [0.4, 0.5) is 5.82 Å². The molecule has 0 amide bonds. The summed E-state index contributed by atoms with van der Waals surface area (Å²) < 4.78 is 5.22. The highest BCUT2D eigenvalue weighted by molar-refractivity contribution is 5.92. The van der Waals surface area contributed by atoms with E-state index in [2.05, 4.69) is 15.3 Å². The third kappa shape index (κ3) is 2.00. The van der Waals surface area contributed by atoms with E-state index in [1.54, 1.807) is 0 Å². The van der Waals surface area contributed by atoms with Gasteiger partial charge in [-0.2, -0.15) is 0 Å². The number of carboxylic acids is 1. The van der Waals surface area contributed by atoms with Crippen molar-refractivity contribution < 1.29 is 14.6 Å². The van der Waals surface area contributed by atoms with E-state index < -0.39 is 11.5 Å². The van der Waals surface area contributed by atoms with Crippen LogP contribution in [0.1, 0.15) is 6.42 Å². The molecule has 0 radical (unpaired) electrons. The molecule has 6 heteroatoms. The Morgan fingerprint density at radius 2 is 2.21 bits per heavy atom. The summed E-state index contributed by atoms with van der Waals surface area (Å²) in [6.45, 7) is 0.572. The first-order chi connectivity index (χ1) is 9.21. The van der Waals surface area contributed by atoms with E-state index in [9.17, 15) is 9.90 Å². The van der Waals surface area contributed by atoms with Crippen LogP contribution in [-0.4, -0.2) is 39.8 Å². The van der Waals surface area contributed by atoms with E-state index in [0.29, 0.717) is 18.8 Å². The summed E-state index contributed by atoms with van der Waals surface area (Å²) in [5, 5.41) is 13.2. The minimum atomic E-state index is -1.10. The van der Waals surface area contributed by atoms with E-state index in [-0.39, 0.29) is 6.61 Å². The third-order valence-corrected chi connectivity index (χ3v) is 3.33. The van der Waals surface area contributed by atoms with E-state index >= 15 is 0 Å². The number of fused-ring (bicyclic) bond motifs is 1. The Labute approximate surface area is 109 Å². The molecular weight excluding hydrogens is 246 g/mol. The van der Waals surface area contributed by atoms with Gasteiger partial charge in [-0.3, -0.25) is 0 Å². The van der Waals surface area contributed by atoms with Crippen molar-refractivity contribution in [3.8, 4) is 0 Å². The number of ether oxygens (including phenoxy) is 1. The van der Waals surface area contributed by atoms with Crippen LogP contribution in [0.5, 0.6) is 0 Å². The van der Waals surface area contributed by atoms with E-state index in [1.807, 2.05) is 24.3 Å². The van der Waals surface area contributed by atoms with Gasteiger partial charge >= 0.3 is 5.97 Å². The Morgan fingerprint density at radius 3 is 2.95 bits per heavy atom. The fraction of sp³-hybridized carbons (Fsp3) is 0.308. The van der Waals surface area contributed by atoms with Gasteiger partial charge in [-0.25, -0.2) is 14.8 Å². The molecular formula is C13H13N3O3. The quantitative estimate of drug-likeness (QED) is 0.864. The summed E-state index contributed by atoms with van der Waals surface area (Å²) in [6.07, 6.45) is 1.84. The second-order valence-electron chi connectivity index (χ2n) is 4.55. The fourth-order valence-corrected chi connectivity index (χ4v) is 2.22. The maximum atomic E-state index is 11.5. The molecule has 2 aromatic rings. The largest absolute Gasteiger partial charge is 0.479 e. The highest BCUT2D eigenvalue weighted by atomic mass is 16.5. The van der Waals surface area contributed by atoms with Crippen LogP contribution in [0.3, 0.4) is 0 Å². The molecule has 1 aromatic heterocycles. The second-order valence-corrected chi connectivity index (χ2v) is 4.55. The van der Waals surface area contributed by atoms with Crippen molar-refractivity contribution in [3.05, 3.63) is 30.6 Å². The van der Waals surface area contributed by atoms with Crippen LogP contribution in [0.25, 0.3) is 10.9 Å². The number of carbonyl (C=O) groups is 1. The number of aromatic nitrogens is 2. The fourth-order valence-electron chi connectivity index (χ4n) is 2.22. The average molecular weight is 259 g/mol. The van der Waals surface area contributed by atoms with Crippen molar-refractivity contribution >= 4 is 22.7 Å². The van der Waals surface area contributed by atoms with Crippen LogP contribution < -0.4 is 5.32 Å². The number of aliphatic carboxylic acids is 1. The Bertz CT molecular complexity index is 618. The average Bonchev–Trinajstić information content (AvgIpc) is 2.89. The lowest BCUT2D eigenvalue weighted by atomic mass is 9.99. The number of para-hydroxylation sites is 1. The summed E-state index contributed by atoms with van der Waals surface area (Å²) in [7, 11) is 0. The second kappa shape index (κ2) is 4.47. The van der Waals surface area contributed by atoms with Crippen molar-refractivity contribution in [2.24, 2.45) is 0 Å². The van der Waals surface area contributed by atoms with Gasteiger partial charge in [0.25, 0.3) is 0 Å². The van der Waals surface area contributed by atoms with Crippen molar-refractivity contribution in [2.75, 3.05) is 18.5 Å².